The first-order valence-electron chi connectivity index (χ1n) is 10.2. The fourth-order valence-corrected chi connectivity index (χ4v) is 3.75. The number of nitro benzene ring substituents is 3. The van der Waals surface area contributed by atoms with Crippen molar-refractivity contribution in [3.63, 3.8) is 0 Å². The molecule has 0 aliphatic rings. The standard InChI is InChI=1S/C24H17N5O6/c25-26(18-9-5-2-6-10-18)21-12-11-17(16-7-3-1-4-8-16)13-20(21)24-22(28(32)33)14-19(27(30)31)15-23(24)29(34)35/h1-15H,25H2. The van der Waals surface area contributed by atoms with Crippen LogP contribution in [0.2, 0.25) is 0 Å². The zero-order valence-corrected chi connectivity index (χ0v) is 18.0. The number of non-ortho nitro benzene ring substituents is 1. The molecule has 0 atom stereocenters. The second kappa shape index (κ2) is 9.37. The Morgan fingerprint density at radius 3 is 1.69 bits per heavy atom. The normalized spacial score (nSPS) is 10.5. The SMILES string of the molecule is NN(c1ccccc1)c1ccc(-c2ccccc2)cc1-c1c([N+](=O)[O-])cc([N+](=O)[O-])cc1[N+](=O)[O-]. The number of anilines is 2. The van der Waals surface area contributed by atoms with E-state index in [0.717, 1.165) is 5.56 Å². The molecule has 0 aromatic heterocycles. The van der Waals surface area contributed by atoms with E-state index in [0.29, 0.717) is 23.4 Å². The van der Waals surface area contributed by atoms with Crippen LogP contribution in [0.1, 0.15) is 0 Å². The Hall–Kier alpha value is -5.16. The van der Waals surface area contributed by atoms with Gasteiger partial charge in [0.1, 0.15) is 5.56 Å². The van der Waals surface area contributed by atoms with Crippen molar-refractivity contribution in [3.05, 3.63) is 121 Å². The molecule has 0 fully saturated rings. The van der Waals surface area contributed by atoms with E-state index in [4.69, 9.17) is 5.84 Å². The molecule has 0 heterocycles. The first-order chi connectivity index (χ1) is 16.8. The Balaban J connectivity index is 2.08. The fraction of sp³-hybridized carbons (Fsp3) is 0. The Bertz CT molecular complexity index is 1410. The van der Waals surface area contributed by atoms with Crippen molar-refractivity contribution in [3.8, 4) is 22.3 Å². The van der Waals surface area contributed by atoms with E-state index < -0.39 is 31.8 Å². The summed E-state index contributed by atoms with van der Waals surface area (Å²) in [6.07, 6.45) is 0. The highest BCUT2D eigenvalue weighted by atomic mass is 16.6. The molecule has 4 rings (SSSR count). The van der Waals surface area contributed by atoms with E-state index in [1.165, 1.54) is 5.01 Å². The molecule has 11 nitrogen and oxygen atoms in total. The summed E-state index contributed by atoms with van der Waals surface area (Å²) in [4.78, 5) is 32.6. The molecule has 2 N–H and O–H groups in total. The number of para-hydroxylation sites is 1. The van der Waals surface area contributed by atoms with E-state index in [1.54, 1.807) is 60.7 Å². The second-order valence-electron chi connectivity index (χ2n) is 7.43. The molecule has 0 unspecified atom stereocenters. The van der Waals surface area contributed by atoms with Gasteiger partial charge in [-0.2, -0.15) is 0 Å². The number of nitro groups is 3. The predicted octanol–water partition coefficient (Wildman–Crippen LogP) is 5.76. The minimum absolute atomic E-state index is 0.0750. The average Bonchev–Trinajstić information content (AvgIpc) is 2.88. The van der Waals surface area contributed by atoms with E-state index in [-0.39, 0.29) is 16.8 Å². The van der Waals surface area contributed by atoms with Gasteiger partial charge < -0.3 is 0 Å². The van der Waals surface area contributed by atoms with Gasteiger partial charge in [0.15, 0.2) is 0 Å². The maximum absolute atomic E-state index is 12.0. The van der Waals surface area contributed by atoms with Crippen molar-refractivity contribution < 1.29 is 14.8 Å². The highest BCUT2D eigenvalue weighted by Crippen LogP contribution is 2.46. The molecule has 11 heteroatoms. The molecule has 174 valence electrons. The number of hydrogen-bond acceptors (Lipinski definition) is 8. The molecule has 4 aromatic rings. The van der Waals surface area contributed by atoms with Gasteiger partial charge in [-0.05, 0) is 35.4 Å². The van der Waals surface area contributed by atoms with Gasteiger partial charge in [-0.15, -0.1) is 0 Å². The molecule has 0 amide bonds. The Kier molecular flexibility index (Phi) is 6.16. The number of rotatable bonds is 7. The van der Waals surface area contributed by atoms with Crippen LogP contribution in [0.4, 0.5) is 28.4 Å². The first kappa shape index (κ1) is 23.0. The highest BCUT2D eigenvalue weighted by Gasteiger charge is 2.33. The third-order valence-electron chi connectivity index (χ3n) is 5.35. The van der Waals surface area contributed by atoms with Crippen LogP contribution in [-0.2, 0) is 0 Å². The van der Waals surface area contributed by atoms with Gasteiger partial charge >= 0.3 is 0 Å². The molecule has 0 spiro atoms. The van der Waals surface area contributed by atoms with E-state index in [2.05, 4.69) is 0 Å². The summed E-state index contributed by atoms with van der Waals surface area (Å²) in [5.74, 6) is 6.36. The van der Waals surface area contributed by atoms with E-state index >= 15 is 0 Å². The molecule has 0 saturated carbocycles. The van der Waals surface area contributed by atoms with Crippen LogP contribution >= 0.6 is 0 Å². The smallest absolute Gasteiger partial charge is 0.279 e. The minimum atomic E-state index is -0.912. The Labute approximate surface area is 198 Å². The molecule has 4 aromatic carbocycles. The third kappa shape index (κ3) is 4.51. The van der Waals surface area contributed by atoms with Gasteiger partial charge in [0.05, 0.1) is 38.3 Å². The fourth-order valence-electron chi connectivity index (χ4n) is 3.75. The van der Waals surface area contributed by atoms with Crippen molar-refractivity contribution in [2.24, 2.45) is 5.84 Å². The zero-order chi connectivity index (χ0) is 25.1. The number of benzene rings is 4. The van der Waals surface area contributed by atoms with Gasteiger partial charge in [0, 0.05) is 5.56 Å². The summed E-state index contributed by atoms with van der Waals surface area (Å²) in [7, 11) is 0. The lowest BCUT2D eigenvalue weighted by Gasteiger charge is -2.23. The topological polar surface area (TPSA) is 159 Å². The summed E-state index contributed by atoms with van der Waals surface area (Å²) < 4.78 is 0. The molecule has 0 aliphatic heterocycles. The van der Waals surface area contributed by atoms with Crippen LogP contribution in [-0.4, -0.2) is 14.8 Å². The molecular weight excluding hydrogens is 454 g/mol. The van der Waals surface area contributed by atoms with Crippen LogP contribution in [0.3, 0.4) is 0 Å². The molecule has 0 bridgehead atoms. The summed E-state index contributed by atoms with van der Waals surface area (Å²) >= 11 is 0. The van der Waals surface area contributed by atoms with E-state index in [9.17, 15) is 30.3 Å². The van der Waals surface area contributed by atoms with Crippen LogP contribution < -0.4 is 10.9 Å². The quantitative estimate of drug-likeness (QED) is 0.202. The summed E-state index contributed by atoms with van der Waals surface area (Å²) in [5.41, 5.74) is -0.498. The van der Waals surface area contributed by atoms with E-state index in [1.807, 2.05) is 18.2 Å². The first-order valence-corrected chi connectivity index (χ1v) is 10.2. The van der Waals surface area contributed by atoms with Gasteiger partial charge in [-0.25, -0.2) is 5.84 Å². The summed E-state index contributed by atoms with van der Waals surface area (Å²) in [6, 6.07) is 24.0. The predicted molar refractivity (Wildman–Crippen MR) is 130 cm³/mol. The lowest BCUT2D eigenvalue weighted by molar-refractivity contribution is -0.402. The number of hydrazine groups is 1. The monoisotopic (exact) mass is 471 g/mol. The lowest BCUT2D eigenvalue weighted by atomic mass is 9.94. The van der Waals surface area contributed by atoms with Crippen LogP contribution in [0.25, 0.3) is 22.3 Å². The third-order valence-corrected chi connectivity index (χ3v) is 5.35. The molecule has 0 radical (unpaired) electrons. The largest absolute Gasteiger partial charge is 0.291 e. The van der Waals surface area contributed by atoms with Crippen molar-refractivity contribution in [1.29, 1.82) is 0 Å². The van der Waals surface area contributed by atoms with Crippen LogP contribution in [0, 0.1) is 30.3 Å². The Morgan fingerprint density at radius 2 is 1.17 bits per heavy atom. The number of hydrogen-bond donors (Lipinski definition) is 1. The van der Waals surface area contributed by atoms with Crippen molar-refractivity contribution >= 4 is 28.4 Å². The van der Waals surface area contributed by atoms with Gasteiger partial charge in [-0.1, -0.05) is 54.6 Å². The molecular formula is C24H17N5O6. The highest BCUT2D eigenvalue weighted by molar-refractivity contribution is 5.94. The zero-order valence-electron chi connectivity index (χ0n) is 18.0. The molecule has 0 aliphatic carbocycles. The van der Waals surface area contributed by atoms with Crippen molar-refractivity contribution in [1.82, 2.24) is 0 Å². The van der Waals surface area contributed by atoms with Crippen LogP contribution in [0.15, 0.2) is 91.0 Å². The van der Waals surface area contributed by atoms with Crippen molar-refractivity contribution in [2.75, 3.05) is 5.01 Å². The molecule has 0 saturated heterocycles. The van der Waals surface area contributed by atoms with Gasteiger partial charge in [-0.3, -0.25) is 35.4 Å². The van der Waals surface area contributed by atoms with Crippen LogP contribution in [0.5, 0.6) is 0 Å². The molecule has 35 heavy (non-hydrogen) atoms. The number of nitrogens with zero attached hydrogens (tertiary/aromatic N) is 4. The Morgan fingerprint density at radius 1 is 0.629 bits per heavy atom. The van der Waals surface area contributed by atoms with Gasteiger partial charge in [0.2, 0.25) is 0 Å². The maximum Gasteiger partial charge on any atom is 0.291 e. The average molecular weight is 471 g/mol. The van der Waals surface area contributed by atoms with Crippen molar-refractivity contribution in [2.45, 2.75) is 0 Å². The lowest BCUT2D eigenvalue weighted by Crippen LogP contribution is -2.25. The number of nitrogens with two attached hydrogens (primary N) is 1. The maximum atomic E-state index is 12.0. The summed E-state index contributed by atoms with van der Waals surface area (Å²) in [5, 5.41) is 36.5. The van der Waals surface area contributed by atoms with Gasteiger partial charge in [0.25, 0.3) is 17.1 Å². The summed E-state index contributed by atoms with van der Waals surface area (Å²) in [6.45, 7) is 0. The minimum Gasteiger partial charge on any atom is -0.279 e. The second-order valence-corrected chi connectivity index (χ2v) is 7.43.